The van der Waals surface area contributed by atoms with E-state index in [9.17, 15) is 13.2 Å². The normalized spacial score (nSPS) is 19.6. The van der Waals surface area contributed by atoms with Crippen LogP contribution in [0.2, 0.25) is 0 Å². The third kappa shape index (κ3) is 3.79. The van der Waals surface area contributed by atoms with Gasteiger partial charge in [0.1, 0.15) is 0 Å². The second-order valence-corrected chi connectivity index (χ2v) is 8.96. The van der Waals surface area contributed by atoms with Crippen LogP contribution in [0, 0.1) is 12.8 Å². The first kappa shape index (κ1) is 16.8. The predicted octanol–water partition coefficient (Wildman–Crippen LogP) is 3.56. The van der Waals surface area contributed by atoms with Crippen molar-refractivity contribution in [3.05, 3.63) is 27.7 Å². The minimum atomic E-state index is -3.88. The molecule has 116 valence electrons. The molecule has 1 heterocycles. The summed E-state index contributed by atoms with van der Waals surface area (Å²) in [5, 5.41) is 0. The van der Waals surface area contributed by atoms with Gasteiger partial charge in [0.2, 0.25) is 0 Å². The zero-order chi connectivity index (χ0) is 15.8. The Hall–Kier alpha value is -0.590. The van der Waals surface area contributed by atoms with E-state index < -0.39 is 9.05 Å². The Morgan fingerprint density at radius 3 is 2.67 bits per heavy atom. The van der Waals surface area contributed by atoms with Gasteiger partial charge in [0.05, 0.1) is 4.90 Å². The van der Waals surface area contributed by atoms with Gasteiger partial charge in [0, 0.05) is 33.8 Å². The molecule has 1 aromatic rings. The molecule has 0 N–H and O–H groups in total. The van der Waals surface area contributed by atoms with Gasteiger partial charge in [-0.2, -0.15) is 0 Å². The van der Waals surface area contributed by atoms with Crippen molar-refractivity contribution in [2.75, 3.05) is 13.1 Å². The fraction of sp³-hybridized carbons (Fsp3) is 0.500. The lowest BCUT2D eigenvalue weighted by Gasteiger charge is -2.31. The van der Waals surface area contributed by atoms with Crippen molar-refractivity contribution in [1.29, 1.82) is 0 Å². The zero-order valence-corrected chi connectivity index (χ0v) is 15.1. The number of hydrogen-bond donors (Lipinski definition) is 0. The summed E-state index contributed by atoms with van der Waals surface area (Å²) < 4.78 is 23.8. The van der Waals surface area contributed by atoms with E-state index in [-0.39, 0.29) is 10.8 Å². The highest BCUT2D eigenvalue weighted by Crippen LogP contribution is 2.29. The maximum Gasteiger partial charge on any atom is 0.261 e. The molecule has 21 heavy (non-hydrogen) atoms. The molecular weight excluding hydrogens is 378 g/mol. The molecule has 1 aliphatic heterocycles. The van der Waals surface area contributed by atoms with Crippen molar-refractivity contribution >= 4 is 41.6 Å². The summed E-state index contributed by atoms with van der Waals surface area (Å²) in [5.41, 5.74) is 0.786. The largest absolute Gasteiger partial charge is 0.338 e. The average molecular weight is 395 g/mol. The molecule has 0 bridgehead atoms. The van der Waals surface area contributed by atoms with Gasteiger partial charge in [0.15, 0.2) is 0 Å². The maximum atomic E-state index is 12.7. The van der Waals surface area contributed by atoms with Crippen LogP contribution >= 0.6 is 26.6 Å². The molecule has 0 radical (unpaired) electrons. The van der Waals surface area contributed by atoms with Crippen molar-refractivity contribution in [2.24, 2.45) is 5.92 Å². The summed E-state index contributed by atoms with van der Waals surface area (Å²) in [5.74, 6) is 0.327. The Balaban J connectivity index is 2.44. The fourth-order valence-corrected chi connectivity index (χ4v) is 4.51. The molecule has 1 unspecified atom stereocenters. The highest BCUT2D eigenvalue weighted by Gasteiger charge is 2.26. The van der Waals surface area contributed by atoms with Gasteiger partial charge >= 0.3 is 0 Å². The number of nitrogens with zero attached hydrogens (tertiary/aromatic N) is 1. The van der Waals surface area contributed by atoms with Gasteiger partial charge in [-0.1, -0.05) is 22.9 Å². The Morgan fingerprint density at radius 2 is 2.10 bits per heavy atom. The molecule has 2 rings (SSSR count). The predicted molar refractivity (Wildman–Crippen MR) is 86.2 cm³/mol. The van der Waals surface area contributed by atoms with Crippen LogP contribution in [-0.2, 0) is 9.05 Å². The number of rotatable bonds is 2. The molecule has 0 aromatic heterocycles. The Labute approximate surface area is 138 Å². The zero-order valence-electron chi connectivity index (χ0n) is 11.9. The van der Waals surface area contributed by atoms with Crippen molar-refractivity contribution in [1.82, 2.24) is 4.90 Å². The molecule has 7 heteroatoms. The smallest absolute Gasteiger partial charge is 0.261 e. The SMILES string of the molecule is Cc1c(C(=O)N2CCCC(C)C2)cc(Br)cc1S(=O)(=O)Cl. The van der Waals surface area contributed by atoms with Crippen molar-refractivity contribution in [3.8, 4) is 0 Å². The summed E-state index contributed by atoms with van der Waals surface area (Å²) >= 11 is 3.25. The topological polar surface area (TPSA) is 54.5 Å². The monoisotopic (exact) mass is 393 g/mol. The fourth-order valence-electron chi connectivity index (χ4n) is 2.67. The van der Waals surface area contributed by atoms with E-state index in [1.165, 1.54) is 6.07 Å². The van der Waals surface area contributed by atoms with Crippen LogP contribution < -0.4 is 0 Å². The molecule has 0 saturated carbocycles. The first-order chi connectivity index (χ1) is 9.70. The van der Waals surface area contributed by atoms with Crippen LogP contribution in [0.4, 0.5) is 0 Å². The molecule has 1 aromatic carbocycles. The number of piperidine rings is 1. The summed E-state index contributed by atoms with van der Waals surface area (Å²) in [6, 6.07) is 3.08. The number of carbonyl (C=O) groups excluding carboxylic acids is 1. The molecule has 1 saturated heterocycles. The van der Waals surface area contributed by atoms with Crippen LogP contribution in [0.25, 0.3) is 0 Å². The maximum absolute atomic E-state index is 12.7. The standard InChI is InChI=1S/C14H17BrClNO3S/c1-9-4-3-5-17(8-9)14(18)12-6-11(15)7-13(10(12)2)21(16,19)20/h6-7,9H,3-5,8H2,1-2H3. The quantitative estimate of drug-likeness (QED) is 0.721. The van der Waals surface area contributed by atoms with Crippen LogP contribution in [0.3, 0.4) is 0 Å². The third-order valence-corrected chi connectivity index (χ3v) is 5.67. The molecule has 1 atom stereocenters. The molecule has 4 nitrogen and oxygen atoms in total. The highest BCUT2D eigenvalue weighted by atomic mass is 79.9. The summed E-state index contributed by atoms with van der Waals surface area (Å²) in [7, 11) is 1.57. The minimum absolute atomic E-state index is 0.0213. The third-order valence-electron chi connectivity index (χ3n) is 3.76. The Kier molecular flexibility index (Phi) is 5.00. The summed E-state index contributed by atoms with van der Waals surface area (Å²) in [6.07, 6.45) is 2.09. The van der Waals surface area contributed by atoms with E-state index in [1.807, 2.05) is 0 Å². The van der Waals surface area contributed by atoms with E-state index in [1.54, 1.807) is 17.9 Å². The molecule has 1 fully saturated rings. The first-order valence-electron chi connectivity index (χ1n) is 6.74. The van der Waals surface area contributed by atoms with E-state index >= 15 is 0 Å². The Morgan fingerprint density at radius 1 is 1.43 bits per heavy atom. The number of hydrogen-bond acceptors (Lipinski definition) is 3. The number of likely N-dealkylation sites (tertiary alicyclic amines) is 1. The van der Waals surface area contributed by atoms with Crippen molar-refractivity contribution in [2.45, 2.75) is 31.6 Å². The number of benzene rings is 1. The van der Waals surface area contributed by atoms with Gasteiger partial charge in [-0.05, 0) is 43.4 Å². The summed E-state index contributed by atoms with van der Waals surface area (Å²) in [6.45, 7) is 5.13. The van der Waals surface area contributed by atoms with Gasteiger partial charge in [0.25, 0.3) is 15.0 Å². The lowest BCUT2D eigenvalue weighted by molar-refractivity contribution is 0.0682. The average Bonchev–Trinajstić information content (AvgIpc) is 2.39. The van der Waals surface area contributed by atoms with Gasteiger partial charge in [-0.25, -0.2) is 8.42 Å². The Bertz CT molecular complexity index is 675. The van der Waals surface area contributed by atoms with E-state index in [0.717, 1.165) is 12.8 Å². The van der Waals surface area contributed by atoms with E-state index in [4.69, 9.17) is 10.7 Å². The van der Waals surface area contributed by atoms with Gasteiger partial charge in [-0.15, -0.1) is 0 Å². The lowest BCUT2D eigenvalue weighted by atomic mass is 9.98. The molecular formula is C14H17BrClNO3S. The van der Waals surface area contributed by atoms with Crippen LogP contribution in [0.5, 0.6) is 0 Å². The number of halogens is 2. The van der Waals surface area contributed by atoms with E-state index in [0.29, 0.717) is 34.6 Å². The first-order valence-corrected chi connectivity index (χ1v) is 9.84. The molecule has 0 aliphatic carbocycles. The second kappa shape index (κ2) is 6.26. The van der Waals surface area contributed by atoms with Crippen molar-refractivity contribution in [3.63, 3.8) is 0 Å². The number of amides is 1. The van der Waals surface area contributed by atoms with E-state index in [2.05, 4.69) is 22.9 Å². The lowest BCUT2D eigenvalue weighted by Crippen LogP contribution is -2.39. The van der Waals surface area contributed by atoms with Gasteiger partial charge in [-0.3, -0.25) is 4.79 Å². The van der Waals surface area contributed by atoms with Crippen molar-refractivity contribution < 1.29 is 13.2 Å². The van der Waals surface area contributed by atoms with Crippen LogP contribution in [-0.4, -0.2) is 32.3 Å². The molecule has 1 aliphatic rings. The summed E-state index contributed by atoms with van der Waals surface area (Å²) in [4.78, 5) is 14.4. The second-order valence-electron chi connectivity index (χ2n) is 5.51. The molecule has 0 spiro atoms. The number of carbonyl (C=O) groups is 1. The molecule has 1 amide bonds. The highest BCUT2D eigenvalue weighted by molar-refractivity contribution is 9.10. The minimum Gasteiger partial charge on any atom is -0.338 e. The van der Waals surface area contributed by atoms with Crippen LogP contribution in [0.1, 0.15) is 35.7 Å². The van der Waals surface area contributed by atoms with Crippen LogP contribution in [0.15, 0.2) is 21.5 Å². The van der Waals surface area contributed by atoms with Gasteiger partial charge < -0.3 is 4.90 Å².